The van der Waals surface area contributed by atoms with Gasteiger partial charge in [-0.15, -0.1) is 0 Å². The van der Waals surface area contributed by atoms with Gasteiger partial charge < -0.3 is 4.84 Å². The highest BCUT2D eigenvalue weighted by Gasteiger charge is 2.07. The molecule has 0 amide bonds. The Morgan fingerprint density at radius 2 is 0.857 bits per heavy atom. The maximum absolute atomic E-state index is 5.82. The molecule has 0 aromatic heterocycles. The normalized spacial score (nSPS) is 11.0. The smallest absolute Gasteiger partial charge is 0.142 e. The van der Waals surface area contributed by atoms with E-state index in [4.69, 9.17) is 4.84 Å². The highest BCUT2D eigenvalue weighted by atomic mass is 16.6. The van der Waals surface area contributed by atoms with Crippen LogP contribution < -0.4 is 5.36 Å². The molecule has 0 aliphatic carbocycles. The predicted molar refractivity (Wildman–Crippen MR) is 116 cm³/mol. The van der Waals surface area contributed by atoms with Crippen molar-refractivity contribution in [1.82, 2.24) is 0 Å². The van der Waals surface area contributed by atoms with E-state index in [0.29, 0.717) is 6.61 Å². The maximum atomic E-state index is 5.82. The molecule has 0 fully saturated rings. The molecule has 28 heavy (non-hydrogen) atoms. The van der Waals surface area contributed by atoms with Crippen LogP contribution in [0.1, 0.15) is 5.56 Å². The number of fused-ring (bicyclic) bond motifs is 5. The van der Waals surface area contributed by atoms with Gasteiger partial charge in [-0.2, -0.15) is 0 Å². The van der Waals surface area contributed by atoms with Gasteiger partial charge in [-0.3, -0.25) is 0 Å². The first-order chi connectivity index (χ1) is 13.9. The lowest BCUT2D eigenvalue weighted by Crippen LogP contribution is -2.04. The summed E-state index contributed by atoms with van der Waals surface area (Å²) < 4.78 is 0. The van der Waals surface area contributed by atoms with E-state index in [2.05, 4.69) is 78.0 Å². The molecule has 134 valence electrons. The van der Waals surface area contributed by atoms with E-state index < -0.39 is 0 Å². The maximum Gasteiger partial charge on any atom is 0.142 e. The number of hydrogen-bond donors (Lipinski definition) is 0. The van der Waals surface area contributed by atoms with Crippen molar-refractivity contribution >= 4 is 32.3 Å². The molecule has 0 unspecified atom stereocenters. The Bertz CT molecular complexity index is 1280. The van der Waals surface area contributed by atoms with Gasteiger partial charge in [0.05, 0.1) is 0 Å². The van der Waals surface area contributed by atoms with Crippen LogP contribution in [0.5, 0.6) is 0 Å². The molecule has 0 saturated heterocycles. The molecule has 2 heteroatoms. The molecule has 0 aliphatic heterocycles. The molecule has 0 spiro atoms. The minimum Gasteiger partial charge on any atom is -0.390 e. The average molecular weight is 361 g/mol. The van der Waals surface area contributed by atoms with Gasteiger partial charge in [0, 0.05) is 10.8 Å². The molecule has 0 radical (unpaired) electrons. The van der Waals surface area contributed by atoms with E-state index in [9.17, 15) is 0 Å². The summed E-state index contributed by atoms with van der Waals surface area (Å²) in [5.41, 5.74) is 1.10. The van der Waals surface area contributed by atoms with Crippen LogP contribution in [0.3, 0.4) is 0 Å². The lowest BCUT2D eigenvalue weighted by molar-refractivity contribution is 0.121. The molecule has 0 saturated carbocycles. The predicted octanol–water partition coefficient (Wildman–Crippen LogP) is 6.18. The summed E-state index contributed by atoms with van der Waals surface area (Å²) in [6.45, 7) is 0.446. The zero-order valence-electron chi connectivity index (χ0n) is 15.4. The summed E-state index contributed by atoms with van der Waals surface area (Å²) in [6, 6.07) is 35.5. The van der Waals surface area contributed by atoms with Crippen molar-refractivity contribution in [3.63, 3.8) is 0 Å². The SMILES string of the molecule is c1ccc(CON=c2c3ccccc3c3ccccc3c3ccccc23)cc1. The van der Waals surface area contributed by atoms with Crippen molar-refractivity contribution in [2.24, 2.45) is 5.16 Å². The van der Waals surface area contributed by atoms with Gasteiger partial charge in [-0.1, -0.05) is 108 Å². The molecule has 0 heterocycles. The lowest BCUT2D eigenvalue weighted by Gasteiger charge is -2.00. The minimum absolute atomic E-state index is 0.446. The topological polar surface area (TPSA) is 21.6 Å². The number of rotatable bonds is 3. The first-order valence-electron chi connectivity index (χ1n) is 9.44. The summed E-state index contributed by atoms with van der Waals surface area (Å²) in [5.74, 6) is 0. The summed E-state index contributed by atoms with van der Waals surface area (Å²) in [4.78, 5) is 5.82. The molecule has 0 aliphatic rings. The highest BCUT2D eigenvalue weighted by Crippen LogP contribution is 2.27. The molecule has 0 atom stereocenters. The third kappa shape index (κ3) is 2.89. The van der Waals surface area contributed by atoms with Crippen LogP contribution in [0.25, 0.3) is 32.3 Å². The van der Waals surface area contributed by atoms with E-state index in [0.717, 1.165) is 21.7 Å². The number of nitrogens with zero attached hydrogens (tertiary/aromatic N) is 1. The first kappa shape index (κ1) is 16.5. The second kappa shape index (κ2) is 7.16. The summed E-state index contributed by atoms with van der Waals surface area (Å²) in [7, 11) is 0. The van der Waals surface area contributed by atoms with Gasteiger partial charge in [0.1, 0.15) is 12.0 Å². The fourth-order valence-corrected chi connectivity index (χ4v) is 3.79. The zero-order chi connectivity index (χ0) is 18.8. The van der Waals surface area contributed by atoms with Crippen LogP contribution in [-0.4, -0.2) is 0 Å². The third-order valence-electron chi connectivity index (χ3n) is 5.10. The van der Waals surface area contributed by atoms with Crippen LogP contribution in [0.4, 0.5) is 0 Å². The van der Waals surface area contributed by atoms with E-state index in [1.54, 1.807) is 0 Å². The second-order valence-electron chi connectivity index (χ2n) is 6.84. The quantitative estimate of drug-likeness (QED) is 0.352. The molecule has 5 rings (SSSR count). The van der Waals surface area contributed by atoms with Crippen LogP contribution in [0, 0.1) is 0 Å². The second-order valence-corrected chi connectivity index (χ2v) is 6.84. The molecule has 0 bridgehead atoms. The van der Waals surface area contributed by atoms with E-state index in [1.165, 1.54) is 21.5 Å². The number of benzene rings is 4. The monoisotopic (exact) mass is 361 g/mol. The Morgan fingerprint density at radius 1 is 0.464 bits per heavy atom. The fourth-order valence-electron chi connectivity index (χ4n) is 3.79. The van der Waals surface area contributed by atoms with Crippen molar-refractivity contribution < 1.29 is 4.84 Å². The van der Waals surface area contributed by atoms with Crippen molar-refractivity contribution in [3.8, 4) is 0 Å². The zero-order valence-corrected chi connectivity index (χ0v) is 15.4. The molecule has 0 N–H and O–H groups in total. The summed E-state index contributed by atoms with van der Waals surface area (Å²) in [6.07, 6.45) is 0. The van der Waals surface area contributed by atoms with Gasteiger partial charge in [-0.05, 0) is 27.1 Å². The fraction of sp³-hybridized carbons (Fsp3) is 0.0385. The van der Waals surface area contributed by atoms with Gasteiger partial charge in [0.2, 0.25) is 0 Å². The lowest BCUT2D eigenvalue weighted by atomic mass is 10.1. The van der Waals surface area contributed by atoms with E-state index in [1.807, 2.05) is 30.3 Å². The summed E-state index contributed by atoms with van der Waals surface area (Å²) in [5, 5.41) is 12.5. The van der Waals surface area contributed by atoms with Crippen molar-refractivity contribution in [2.45, 2.75) is 6.61 Å². The van der Waals surface area contributed by atoms with Gasteiger partial charge in [0.25, 0.3) is 0 Å². The molecule has 2 nitrogen and oxygen atoms in total. The Morgan fingerprint density at radius 3 is 1.36 bits per heavy atom. The first-order valence-corrected chi connectivity index (χ1v) is 9.44. The Hall–Kier alpha value is -3.65. The number of hydrogen-bond acceptors (Lipinski definition) is 2. The molecular weight excluding hydrogens is 342 g/mol. The largest absolute Gasteiger partial charge is 0.390 e. The molecular formula is C26H19NO. The van der Waals surface area contributed by atoms with Crippen LogP contribution in [0.2, 0.25) is 0 Å². The Labute approximate surface area is 163 Å². The Balaban J connectivity index is 1.84. The van der Waals surface area contributed by atoms with Gasteiger partial charge in [-0.25, -0.2) is 0 Å². The van der Waals surface area contributed by atoms with Crippen LogP contribution in [-0.2, 0) is 11.4 Å². The van der Waals surface area contributed by atoms with Crippen LogP contribution >= 0.6 is 0 Å². The van der Waals surface area contributed by atoms with Crippen molar-refractivity contribution in [2.75, 3.05) is 0 Å². The van der Waals surface area contributed by atoms with E-state index in [-0.39, 0.29) is 0 Å². The Kier molecular flexibility index (Phi) is 4.23. The third-order valence-corrected chi connectivity index (χ3v) is 5.10. The van der Waals surface area contributed by atoms with E-state index >= 15 is 0 Å². The standard InChI is InChI=1S/C26H19NO/c1-2-10-19(11-3-1)18-28-27-26-24-16-8-6-14-22(24)20-12-4-5-13-21(20)23-15-7-9-17-25(23)26/h1-17H,18H2. The molecule has 5 aromatic rings. The van der Waals surface area contributed by atoms with Crippen LogP contribution in [0.15, 0.2) is 108 Å². The van der Waals surface area contributed by atoms with Gasteiger partial charge in [0.15, 0.2) is 0 Å². The molecule has 5 aromatic carbocycles. The van der Waals surface area contributed by atoms with Gasteiger partial charge >= 0.3 is 0 Å². The minimum atomic E-state index is 0.446. The summed E-state index contributed by atoms with van der Waals surface area (Å²) >= 11 is 0. The van der Waals surface area contributed by atoms with Crippen molar-refractivity contribution in [3.05, 3.63) is 114 Å². The van der Waals surface area contributed by atoms with Crippen molar-refractivity contribution in [1.29, 1.82) is 0 Å². The average Bonchev–Trinajstić information content (AvgIpc) is 2.89. The highest BCUT2D eigenvalue weighted by molar-refractivity contribution is 6.16.